The molecule has 0 spiro atoms. The van der Waals surface area contributed by atoms with E-state index >= 15 is 0 Å². The van der Waals surface area contributed by atoms with Crippen LogP contribution in [-0.4, -0.2) is 18.8 Å². The van der Waals surface area contributed by atoms with Crippen LogP contribution in [0, 0.1) is 0 Å². The minimum Gasteiger partial charge on any atom is -0.462 e. The summed E-state index contributed by atoms with van der Waals surface area (Å²) in [5.74, 6) is -0.298. The monoisotopic (exact) mass is 351 g/mol. The number of ether oxygens (including phenoxy) is 1. The zero-order valence-electron chi connectivity index (χ0n) is 15.9. The summed E-state index contributed by atoms with van der Waals surface area (Å²) in [5, 5.41) is 0. The maximum Gasteiger partial charge on any atom is 0.338 e. The number of carbonyl (C=O) groups excluding carboxylic acids is 1. The number of nitrogens with zero attached hydrogens (tertiary/aromatic N) is 1. The molecule has 0 heterocycles. The van der Waals surface area contributed by atoms with Crippen LogP contribution in [0.15, 0.2) is 53.5 Å². The van der Waals surface area contributed by atoms with Crippen LogP contribution in [0.2, 0.25) is 0 Å². The second-order valence-corrected chi connectivity index (χ2v) is 6.43. The molecule has 2 aromatic rings. The van der Waals surface area contributed by atoms with Gasteiger partial charge in [0.2, 0.25) is 0 Å². The molecule has 0 radical (unpaired) electrons. The van der Waals surface area contributed by atoms with Crippen molar-refractivity contribution in [1.29, 1.82) is 0 Å². The number of aryl methyl sites for hydroxylation is 1. The van der Waals surface area contributed by atoms with Gasteiger partial charge in [-0.1, -0.05) is 56.9 Å². The number of hydrogen-bond acceptors (Lipinski definition) is 3. The number of hydrogen-bond donors (Lipinski definition) is 0. The molecule has 0 aliphatic heterocycles. The van der Waals surface area contributed by atoms with Gasteiger partial charge in [0, 0.05) is 6.21 Å². The Morgan fingerprint density at radius 3 is 2.27 bits per heavy atom. The lowest BCUT2D eigenvalue weighted by molar-refractivity contribution is 0.0526. The second kappa shape index (κ2) is 11.2. The van der Waals surface area contributed by atoms with Gasteiger partial charge in [0.15, 0.2) is 0 Å². The van der Waals surface area contributed by atoms with Crippen molar-refractivity contribution in [2.75, 3.05) is 6.61 Å². The highest BCUT2D eigenvalue weighted by molar-refractivity contribution is 5.90. The molecule has 0 saturated carbocycles. The minimum absolute atomic E-state index is 0.298. The van der Waals surface area contributed by atoms with Crippen molar-refractivity contribution in [1.82, 2.24) is 0 Å². The molecule has 0 saturated heterocycles. The van der Waals surface area contributed by atoms with Crippen molar-refractivity contribution >= 4 is 17.9 Å². The molecular weight excluding hydrogens is 322 g/mol. The lowest BCUT2D eigenvalue weighted by atomic mass is 10.0. The summed E-state index contributed by atoms with van der Waals surface area (Å²) in [4.78, 5) is 16.1. The summed E-state index contributed by atoms with van der Waals surface area (Å²) in [7, 11) is 0. The van der Waals surface area contributed by atoms with E-state index in [-0.39, 0.29) is 5.97 Å². The van der Waals surface area contributed by atoms with Crippen molar-refractivity contribution in [3.63, 3.8) is 0 Å². The molecule has 138 valence electrons. The minimum atomic E-state index is -0.298. The van der Waals surface area contributed by atoms with Gasteiger partial charge >= 0.3 is 5.97 Å². The fourth-order valence-corrected chi connectivity index (χ4v) is 2.75. The van der Waals surface area contributed by atoms with Crippen molar-refractivity contribution in [2.45, 2.75) is 52.4 Å². The number of carbonyl (C=O) groups is 1. The summed E-state index contributed by atoms with van der Waals surface area (Å²) in [6.45, 7) is 4.43. The predicted octanol–water partition coefficient (Wildman–Crippen LogP) is 6.13. The molecule has 0 fully saturated rings. The second-order valence-electron chi connectivity index (χ2n) is 6.43. The van der Waals surface area contributed by atoms with E-state index in [1.807, 2.05) is 18.3 Å². The molecule has 0 atom stereocenters. The summed E-state index contributed by atoms with van der Waals surface area (Å²) in [6, 6.07) is 15.7. The number of unbranched alkanes of at least 4 members (excludes halogenated alkanes) is 4. The molecule has 2 rings (SSSR count). The SMILES string of the molecule is CCCCCCCc1ccc(/C=N/c2ccc(C(=O)OCC)cc2)cc1. The van der Waals surface area contributed by atoms with Crippen molar-refractivity contribution in [2.24, 2.45) is 4.99 Å². The van der Waals surface area contributed by atoms with Crippen LogP contribution in [0.4, 0.5) is 5.69 Å². The maximum atomic E-state index is 11.6. The molecule has 0 aromatic heterocycles. The molecule has 0 aliphatic carbocycles. The molecule has 2 aromatic carbocycles. The van der Waals surface area contributed by atoms with E-state index in [2.05, 4.69) is 36.2 Å². The molecule has 26 heavy (non-hydrogen) atoms. The smallest absolute Gasteiger partial charge is 0.338 e. The topological polar surface area (TPSA) is 38.7 Å². The highest BCUT2D eigenvalue weighted by Crippen LogP contribution is 2.15. The van der Waals surface area contributed by atoms with E-state index in [0.29, 0.717) is 12.2 Å². The number of esters is 1. The van der Waals surface area contributed by atoms with E-state index in [4.69, 9.17) is 4.74 Å². The van der Waals surface area contributed by atoms with Crippen LogP contribution in [0.25, 0.3) is 0 Å². The van der Waals surface area contributed by atoms with Crippen LogP contribution in [0.5, 0.6) is 0 Å². The van der Waals surface area contributed by atoms with Gasteiger partial charge in [-0.15, -0.1) is 0 Å². The zero-order chi connectivity index (χ0) is 18.6. The molecular formula is C23H29NO2. The Morgan fingerprint density at radius 2 is 1.62 bits per heavy atom. The first-order valence-corrected chi connectivity index (χ1v) is 9.63. The van der Waals surface area contributed by atoms with Crippen LogP contribution in [0.3, 0.4) is 0 Å². The van der Waals surface area contributed by atoms with E-state index in [9.17, 15) is 4.79 Å². The average Bonchev–Trinajstić information content (AvgIpc) is 2.68. The van der Waals surface area contributed by atoms with E-state index in [1.54, 1.807) is 19.1 Å². The first-order chi connectivity index (χ1) is 12.7. The maximum absolute atomic E-state index is 11.6. The van der Waals surface area contributed by atoms with Gasteiger partial charge in [0.25, 0.3) is 0 Å². The largest absolute Gasteiger partial charge is 0.462 e. The first-order valence-electron chi connectivity index (χ1n) is 9.63. The van der Waals surface area contributed by atoms with Gasteiger partial charge in [0.1, 0.15) is 0 Å². The van der Waals surface area contributed by atoms with Crippen molar-refractivity contribution < 1.29 is 9.53 Å². The van der Waals surface area contributed by atoms with Gasteiger partial charge in [-0.2, -0.15) is 0 Å². The van der Waals surface area contributed by atoms with E-state index < -0.39 is 0 Å². The van der Waals surface area contributed by atoms with Crippen LogP contribution in [0.1, 0.15) is 67.4 Å². The molecule has 0 unspecified atom stereocenters. The van der Waals surface area contributed by atoms with Gasteiger partial charge in [-0.05, 0) is 55.2 Å². The van der Waals surface area contributed by atoms with Crippen LogP contribution in [-0.2, 0) is 11.2 Å². The fraction of sp³-hybridized carbons (Fsp3) is 0.391. The quantitative estimate of drug-likeness (QED) is 0.293. The third kappa shape index (κ3) is 6.83. The molecule has 3 nitrogen and oxygen atoms in total. The van der Waals surface area contributed by atoms with Crippen LogP contribution < -0.4 is 0 Å². The van der Waals surface area contributed by atoms with E-state index in [0.717, 1.165) is 17.7 Å². The van der Waals surface area contributed by atoms with E-state index in [1.165, 1.54) is 37.7 Å². The molecule has 0 N–H and O–H groups in total. The Kier molecular flexibility index (Phi) is 8.61. The highest BCUT2D eigenvalue weighted by Gasteiger charge is 2.04. The molecule has 0 aliphatic rings. The number of benzene rings is 2. The fourth-order valence-electron chi connectivity index (χ4n) is 2.75. The Hall–Kier alpha value is -2.42. The summed E-state index contributed by atoms with van der Waals surface area (Å²) in [5.41, 5.74) is 3.83. The standard InChI is InChI=1S/C23H29NO2/c1-3-5-6-7-8-9-19-10-12-20(13-11-19)18-24-22-16-14-21(15-17-22)23(25)26-4-2/h10-18H,3-9H2,1-2H3/b24-18+. The molecule has 3 heteroatoms. The number of aliphatic imine (C=N–C) groups is 1. The Labute approximate surface area is 157 Å². The summed E-state index contributed by atoms with van der Waals surface area (Å²) < 4.78 is 4.98. The Bertz CT molecular complexity index is 687. The Balaban J connectivity index is 1.85. The van der Waals surface area contributed by atoms with Gasteiger partial charge in [0.05, 0.1) is 17.9 Å². The van der Waals surface area contributed by atoms with Crippen molar-refractivity contribution in [3.8, 4) is 0 Å². The van der Waals surface area contributed by atoms with Gasteiger partial charge < -0.3 is 4.74 Å². The van der Waals surface area contributed by atoms with Crippen molar-refractivity contribution in [3.05, 3.63) is 65.2 Å². The highest BCUT2D eigenvalue weighted by atomic mass is 16.5. The lowest BCUT2D eigenvalue weighted by Crippen LogP contribution is -2.03. The number of rotatable bonds is 10. The zero-order valence-corrected chi connectivity index (χ0v) is 15.9. The van der Waals surface area contributed by atoms with Gasteiger partial charge in [-0.3, -0.25) is 4.99 Å². The normalized spacial score (nSPS) is 11.0. The Morgan fingerprint density at radius 1 is 0.923 bits per heavy atom. The molecule has 0 amide bonds. The van der Waals surface area contributed by atoms with Gasteiger partial charge in [-0.25, -0.2) is 4.79 Å². The summed E-state index contributed by atoms with van der Waals surface area (Å²) in [6.07, 6.45) is 9.56. The van der Waals surface area contributed by atoms with Crippen LogP contribution >= 0.6 is 0 Å². The first kappa shape index (κ1) is 19.9. The lowest BCUT2D eigenvalue weighted by Gasteiger charge is -2.03. The third-order valence-electron chi connectivity index (χ3n) is 4.29. The average molecular weight is 351 g/mol. The summed E-state index contributed by atoms with van der Waals surface area (Å²) >= 11 is 0. The molecule has 0 bridgehead atoms. The predicted molar refractivity (Wildman–Crippen MR) is 109 cm³/mol. The third-order valence-corrected chi connectivity index (χ3v) is 4.29.